The fourth-order valence-electron chi connectivity index (χ4n) is 2.82. The van der Waals surface area contributed by atoms with E-state index in [0.29, 0.717) is 5.41 Å². The van der Waals surface area contributed by atoms with Gasteiger partial charge in [0.05, 0.1) is 0 Å². The van der Waals surface area contributed by atoms with E-state index in [2.05, 4.69) is 114 Å². The molecule has 0 aliphatic heterocycles. The monoisotopic (exact) mass is 348 g/mol. The summed E-state index contributed by atoms with van der Waals surface area (Å²) in [5.41, 5.74) is 3.34. The Morgan fingerprint density at radius 2 is 1.00 bits per heavy atom. The van der Waals surface area contributed by atoms with Gasteiger partial charge in [0.1, 0.15) is 0 Å². The maximum absolute atomic E-state index is 2.26. The van der Waals surface area contributed by atoms with E-state index in [0.717, 1.165) is 0 Å². The Labute approximate surface area is 161 Å². The number of rotatable bonds is 0. The second-order valence-corrected chi connectivity index (χ2v) is 8.39. The van der Waals surface area contributed by atoms with Crippen LogP contribution < -0.4 is 0 Å². The molecule has 0 N–H and O–H groups in total. The van der Waals surface area contributed by atoms with E-state index < -0.39 is 0 Å². The molecule has 0 spiro atoms. The van der Waals surface area contributed by atoms with E-state index in [-0.39, 0.29) is 5.41 Å². The lowest BCUT2D eigenvalue weighted by atomic mass is 9.84. The molecule has 3 rings (SSSR count). The first-order valence-electron chi connectivity index (χ1n) is 9.73. The third-order valence-corrected chi connectivity index (χ3v) is 4.24. The number of hydrogen-bond donors (Lipinski definition) is 0. The van der Waals surface area contributed by atoms with Crippen molar-refractivity contribution in [2.24, 2.45) is 0 Å². The molecule has 0 atom stereocenters. The molecule has 0 saturated carbocycles. The first-order valence-corrected chi connectivity index (χ1v) is 9.73. The Bertz CT molecular complexity index is 763. The molecule has 0 heterocycles. The Hall–Kier alpha value is -2.08. The van der Waals surface area contributed by atoms with Crippen molar-refractivity contribution < 1.29 is 0 Å². The summed E-state index contributed by atoms with van der Waals surface area (Å²) in [4.78, 5) is 0. The van der Waals surface area contributed by atoms with Crippen molar-refractivity contribution in [3.8, 4) is 0 Å². The van der Waals surface area contributed by atoms with Crippen molar-refractivity contribution in [3.05, 3.63) is 83.9 Å². The van der Waals surface area contributed by atoms with Crippen LogP contribution in [-0.4, -0.2) is 0 Å². The number of hydrogen-bond acceptors (Lipinski definition) is 0. The first-order chi connectivity index (χ1) is 12.2. The van der Waals surface area contributed by atoms with Crippen LogP contribution in [0.3, 0.4) is 0 Å². The molecule has 140 valence electrons. The summed E-state index contributed by atoms with van der Waals surface area (Å²) in [7, 11) is 0. The first kappa shape index (κ1) is 22.0. The second-order valence-electron chi connectivity index (χ2n) is 8.39. The van der Waals surface area contributed by atoms with Gasteiger partial charge in [-0.3, -0.25) is 0 Å². The van der Waals surface area contributed by atoms with Gasteiger partial charge in [0.2, 0.25) is 0 Å². The van der Waals surface area contributed by atoms with Gasteiger partial charge in [0, 0.05) is 0 Å². The van der Waals surface area contributed by atoms with Crippen LogP contribution in [0.25, 0.3) is 10.8 Å². The summed E-state index contributed by atoms with van der Waals surface area (Å²) in [5, 5.41) is 2.71. The molecule has 0 unspecified atom stereocenters. The Morgan fingerprint density at radius 1 is 0.500 bits per heavy atom. The minimum atomic E-state index is 0.223. The molecule has 0 nitrogen and oxygen atoms in total. The Kier molecular flexibility index (Phi) is 8.08. The van der Waals surface area contributed by atoms with Crippen LogP contribution in [0.2, 0.25) is 0 Å². The standard InChI is InChI=1S/C14H16.C10H14.C2H6/c1-14(2,3)13-10-6-8-11-7-4-5-9-12(11)13;1-10(2,3)9-7-5-4-6-8-9;1-2/h4-10H,1-3H3;4-8H,1-3H3;1-2H3. The normalized spacial score (nSPS) is 11.1. The molecule has 0 radical (unpaired) electrons. The lowest BCUT2D eigenvalue weighted by molar-refractivity contribution is 0.590. The van der Waals surface area contributed by atoms with Crippen molar-refractivity contribution in [2.75, 3.05) is 0 Å². The lowest BCUT2D eigenvalue weighted by Gasteiger charge is -2.21. The zero-order valence-corrected chi connectivity index (χ0v) is 17.9. The molecule has 3 aromatic carbocycles. The zero-order valence-electron chi connectivity index (χ0n) is 17.9. The van der Waals surface area contributed by atoms with Crippen molar-refractivity contribution in [3.63, 3.8) is 0 Å². The van der Waals surface area contributed by atoms with Gasteiger partial charge in [-0.2, -0.15) is 0 Å². The molecule has 0 aliphatic rings. The highest BCUT2D eigenvalue weighted by Gasteiger charge is 2.15. The van der Waals surface area contributed by atoms with Crippen LogP contribution in [0.5, 0.6) is 0 Å². The van der Waals surface area contributed by atoms with Crippen LogP contribution in [0, 0.1) is 0 Å². The average Bonchev–Trinajstić information content (AvgIpc) is 2.63. The van der Waals surface area contributed by atoms with E-state index in [1.807, 2.05) is 13.8 Å². The minimum Gasteiger partial charge on any atom is -0.0683 e. The quantitative estimate of drug-likeness (QED) is 0.384. The number of fused-ring (bicyclic) bond motifs is 1. The van der Waals surface area contributed by atoms with E-state index in [1.165, 1.54) is 21.9 Å². The predicted octanol–water partition coefficient (Wildman–Crippen LogP) is 8.15. The van der Waals surface area contributed by atoms with Crippen LogP contribution in [-0.2, 0) is 10.8 Å². The van der Waals surface area contributed by atoms with Crippen LogP contribution in [0.4, 0.5) is 0 Å². The van der Waals surface area contributed by atoms with Gasteiger partial charge in [-0.05, 0) is 32.7 Å². The predicted molar refractivity (Wildman–Crippen MR) is 119 cm³/mol. The zero-order chi connectivity index (χ0) is 19.8. The average molecular weight is 349 g/mol. The molecule has 3 aromatic rings. The van der Waals surface area contributed by atoms with Crippen molar-refractivity contribution in [2.45, 2.75) is 66.2 Å². The highest BCUT2D eigenvalue weighted by Crippen LogP contribution is 2.29. The molecule has 0 aromatic heterocycles. The molecular formula is C26H36. The molecule has 0 heteroatoms. The highest BCUT2D eigenvalue weighted by molar-refractivity contribution is 5.86. The SMILES string of the molecule is CC.CC(C)(C)c1cccc2ccccc12.CC(C)(C)c1ccccc1. The van der Waals surface area contributed by atoms with E-state index in [9.17, 15) is 0 Å². The molecule has 0 aliphatic carbocycles. The maximum Gasteiger partial charge on any atom is -0.0126 e. The summed E-state index contributed by atoms with van der Waals surface area (Å²) in [6.45, 7) is 17.4. The fourth-order valence-corrected chi connectivity index (χ4v) is 2.82. The van der Waals surface area contributed by atoms with E-state index in [4.69, 9.17) is 0 Å². The molecule has 0 saturated heterocycles. The Balaban J connectivity index is 0.000000249. The third kappa shape index (κ3) is 6.33. The summed E-state index contributed by atoms with van der Waals surface area (Å²) < 4.78 is 0. The summed E-state index contributed by atoms with van der Waals surface area (Å²) in [5.74, 6) is 0. The summed E-state index contributed by atoms with van der Waals surface area (Å²) in [6.07, 6.45) is 0. The van der Waals surface area contributed by atoms with Gasteiger partial charge >= 0.3 is 0 Å². The number of benzene rings is 3. The van der Waals surface area contributed by atoms with Gasteiger partial charge in [-0.25, -0.2) is 0 Å². The van der Waals surface area contributed by atoms with E-state index >= 15 is 0 Å². The molecule has 0 amide bonds. The third-order valence-electron chi connectivity index (χ3n) is 4.24. The molecule has 26 heavy (non-hydrogen) atoms. The molecule has 0 fully saturated rings. The topological polar surface area (TPSA) is 0 Å². The van der Waals surface area contributed by atoms with Crippen LogP contribution in [0.1, 0.15) is 66.5 Å². The van der Waals surface area contributed by atoms with Gasteiger partial charge < -0.3 is 0 Å². The summed E-state index contributed by atoms with van der Waals surface area (Å²) in [6, 6.07) is 25.7. The molecule has 0 bridgehead atoms. The van der Waals surface area contributed by atoms with Crippen molar-refractivity contribution >= 4 is 10.8 Å². The van der Waals surface area contributed by atoms with Gasteiger partial charge in [0.25, 0.3) is 0 Å². The minimum absolute atomic E-state index is 0.223. The fraction of sp³-hybridized carbons (Fsp3) is 0.385. The largest absolute Gasteiger partial charge is 0.0683 e. The van der Waals surface area contributed by atoms with Crippen LogP contribution in [0.15, 0.2) is 72.8 Å². The smallest absolute Gasteiger partial charge is 0.0126 e. The summed E-state index contributed by atoms with van der Waals surface area (Å²) >= 11 is 0. The van der Waals surface area contributed by atoms with Gasteiger partial charge in [-0.1, -0.05) is 128 Å². The molecular weight excluding hydrogens is 312 g/mol. The van der Waals surface area contributed by atoms with Crippen LogP contribution >= 0.6 is 0 Å². The maximum atomic E-state index is 2.26. The van der Waals surface area contributed by atoms with Crippen molar-refractivity contribution in [1.29, 1.82) is 0 Å². The van der Waals surface area contributed by atoms with E-state index in [1.54, 1.807) is 0 Å². The highest BCUT2D eigenvalue weighted by atomic mass is 14.2. The van der Waals surface area contributed by atoms with Gasteiger partial charge in [0.15, 0.2) is 0 Å². The Morgan fingerprint density at radius 3 is 1.50 bits per heavy atom. The van der Waals surface area contributed by atoms with Crippen molar-refractivity contribution in [1.82, 2.24) is 0 Å². The lowest BCUT2D eigenvalue weighted by Crippen LogP contribution is -2.11. The van der Waals surface area contributed by atoms with Gasteiger partial charge in [-0.15, -0.1) is 0 Å². The second kappa shape index (κ2) is 9.57.